The molecule has 0 fully saturated rings. The van der Waals surface area contributed by atoms with Crippen molar-refractivity contribution in [2.24, 2.45) is 5.73 Å². The van der Waals surface area contributed by atoms with Crippen molar-refractivity contribution in [2.45, 2.75) is 39.3 Å². The Morgan fingerprint density at radius 1 is 1.43 bits per heavy atom. The fourth-order valence-corrected chi connectivity index (χ4v) is 0.715. The summed E-state index contributed by atoms with van der Waals surface area (Å²) in [6.45, 7) is 6.92. The fourth-order valence-electron chi connectivity index (χ4n) is 0.715. The van der Waals surface area contributed by atoms with E-state index in [1.165, 1.54) is 0 Å². The van der Waals surface area contributed by atoms with Gasteiger partial charge in [0.25, 0.3) is 0 Å². The van der Waals surface area contributed by atoms with Gasteiger partial charge >= 0.3 is 5.97 Å². The quantitative estimate of drug-likeness (QED) is 0.618. The first-order valence-electron chi connectivity index (χ1n) is 4.47. The van der Waals surface area contributed by atoms with E-state index in [9.17, 15) is 9.59 Å². The number of carbonyl (C=O) groups is 2. The van der Waals surface area contributed by atoms with Crippen molar-refractivity contribution < 1.29 is 14.3 Å². The molecule has 0 aromatic carbocycles. The van der Waals surface area contributed by atoms with Crippen molar-refractivity contribution >= 4 is 11.9 Å². The Kier molecular flexibility index (Phi) is 4.56. The first kappa shape index (κ1) is 12.9. The second-order valence-corrected chi connectivity index (χ2v) is 4.09. The van der Waals surface area contributed by atoms with Gasteiger partial charge in [0, 0.05) is 0 Å². The van der Waals surface area contributed by atoms with E-state index in [2.05, 4.69) is 5.32 Å². The van der Waals surface area contributed by atoms with Crippen molar-refractivity contribution in [1.82, 2.24) is 5.32 Å². The van der Waals surface area contributed by atoms with Crippen LogP contribution in [-0.2, 0) is 14.3 Å². The molecule has 0 aliphatic rings. The van der Waals surface area contributed by atoms with Crippen LogP contribution in [0.15, 0.2) is 0 Å². The molecule has 0 saturated heterocycles. The minimum Gasteiger partial charge on any atom is -0.459 e. The molecule has 0 radical (unpaired) electrons. The van der Waals surface area contributed by atoms with E-state index in [0.717, 1.165) is 0 Å². The highest BCUT2D eigenvalue weighted by Gasteiger charge is 2.17. The van der Waals surface area contributed by atoms with Gasteiger partial charge in [-0.15, -0.1) is 0 Å². The van der Waals surface area contributed by atoms with Crippen LogP contribution in [-0.4, -0.2) is 30.1 Å². The summed E-state index contributed by atoms with van der Waals surface area (Å²) in [7, 11) is 0. The summed E-state index contributed by atoms with van der Waals surface area (Å²) in [5.41, 5.74) is 4.49. The summed E-state index contributed by atoms with van der Waals surface area (Å²) in [6.07, 6.45) is 0. The van der Waals surface area contributed by atoms with Crippen LogP contribution in [0.3, 0.4) is 0 Å². The van der Waals surface area contributed by atoms with Crippen molar-refractivity contribution in [3.05, 3.63) is 0 Å². The Bertz CT molecular complexity index is 221. The Morgan fingerprint density at radius 3 is 2.29 bits per heavy atom. The Hall–Kier alpha value is -1.10. The van der Waals surface area contributed by atoms with Gasteiger partial charge in [0.1, 0.15) is 5.60 Å². The normalized spacial score (nSPS) is 13.4. The van der Waals surface area contributed by atoms with Crippen LogP contribution in [0, 0.1) is 0 Å². The number of rotatable bonds is 4. The van der Waals surface area contributed by atoms with Gasteiger partial charge in [-0.1, -0.05) is 0 Å². The Morgan fingerprint density at radius 2 is 1.93 bits per heavy atom. The molecule has 5 nitrogen and oxygen atoms in total. The van der Waals surface area contributed by atoms with Crippen molar-refractivity contribution in [1.29, 1.82) is 0 Å². The molecule has 0 rings (SSSR count). The van der Waals surface area contributed by atoms with Crippen LogP contribution in [0.5, 0.6) is 0 Å². The number of hydrogen-bond acceptors (Lipinski definition) is 4. The molecule has 3 N–H and O–H groups in total. The molecule has 0 aliphatic carbocycles. The molecule has 82 valence electrons. The van der Waals surface area contributed by atoms with Gasteiger partial charge in [-0.05, 0) is 27.7 Å². The zero-order chi connectivity index (χ0) is 11.4. The van der Waals surface area contributed by atoms with Crippen LogP contribution in [0.1, 0.15) is 27.7 Å². The van der Waals surface area contributed by atoms with Crippen LogP contribution in [0.25, 0.3) is 0 Å². The van der Waals surface area contributed by atoms with Crippen LogP contribution < -0.4 is 11.1 Å². The predicted octanol–water partition coefficient (Wildman–Crippen LogP) is -0.208. The topological polar surface area (TPSA) is 81.4 Å². The first-order valence-corrected chi connectivity index (χ1v) is 4.47. The van der Waals surface area contributed by atoms with E-state index in [1.54, 1.807) is 27.7 Å². The highest BCUT2D eigenvalue weighted by atomic mass is 16.6. The SMILES string of the molecule is C[C@H](NCC(=O)OC(C)(C)C)C(N)=O. The summed E-state index contributed by atoms with van der Waals surface area (Å²) in [4.78, 5) is 21.8. The monoisotopic (exact) mass is 202 g/mol. The molecule has 0 heterocycles. The highest BCUT2D eigenvalue weighted by molar-refractivity contribution is 5.80. The van der Waals surface area contributed by atoms with Gasteiger partial charge in [-0.25, -0.2) is 0 Å². The average molecular weight is 202 g/mol. The number of carbonyl (C=O) groups excluding carboxylic acids is 2. The molecule has 0 unspecified atom stereocenters. The van der Waals surface area contributed by atoms with E-state index in [1.807, 2.05) is 0 Å². The lowest BCUT2D eigenvalue weighted by atomic mass is 10.2. The molecule has 1 atom stereocenters. The lowest BCUT2D eigenvalue weighted by molar-refractivity contribution is -0.153. The van der Waals surface area contributed by atoms with Crippen LogP contribution >= 0.6 is 0 Å². The van der Waals surface area contributed by atoms with Gasteiger partial charge < -0.3 is 10.5 Å². The minimum absolute atomic E-state index is 0.0125. The summed E-state index contributed by atoms with van der Waals surface area (Å²) in [6, 6.07) is -0.525. The van der Waals surface area contributed by atoms with Crippen molar-refractivity contribution in [3.8, 4) is 0 Å². The van der Waals surface area contributed by atoms with Gasteiger partial charge in [-0.2, -0.15) is 0 Å². The van der Waals surface area contributed by atoms with E-state index in [-0.39, 0.29) is 6.54 Å². The number of amides is 1. The molecule has 14 heavy (non-hydrogen) atoms. The van der Waals surface area contributed by atoms with Crippen molar-refractivity contribution in [3.63, 3.8) is 0 Å². The summed E-state index contributed by atoms with van der Waals surface area (Å²) < 4.78 is 5.01. The third kappa shape index (κ3) is 6.42. The maximum Gasteiger partial charge on any atom is 0.320 e. The third-order valence-electron chi connectivity index (χ3n) is 1.40. The number of hydrogen-bond donors (Lipinski definition) is 2. The summed E-state index contributed by atoms with van der Waals surface area (Å²) in [5, 5.41) is 2.66. The molecule has 0 saturated carbocycles. The number of nitrogens with one attached hydrogen (secondary N) is 1. The molecule has 1 amide bonds. The second kappa shape index (κ2) is 4.95. The molecule has 0 aliphatic heterocycles. The lowest BCUT2D eigenvalue weighted by Gasteiger charge is -2.20. The molecular weight excluding hydrogens is 184 g/mol. The largest absolute Gasteiger partial charge is 0.459 e. The second-order valence-electron chi connectivity index (χ2n) is 4.09. The zero-order valence-corrected chi connectivity index (χ0v) is 9.09. The molecule has 0 aromatic rings. The maximum absolute atomic E-state index is 11.1. The number of primary amides is 1. The molecule has 0 spiro atoms. The number of ether oxygens (including phenoxy) is 1. The van der Waals surface area contributed by atoms with Gasteiger partial charge in [0.05, 0.1) is 12.6 Å². The Labute approximate surface area is 84.0 Å². The van der Waals surface area contributed by atoms with E-state index < -0.39 is 23.5 Å². The summed E-state index contributed by atoms with van der Waals surface area (Å²) >= 11 is 0. The van der Waals surface area contributed by atoms with E-state index in [4.69, 9.17) is 10.5 Å². The van der Waals surface area contributed by atoms with Crippen LogP contribution in [0.2, 0.25) is 0 Å². The van der Waals surface area contributed by atoms with Gasteiger partial charge in [0.15, 0.2) is 0 Å². The predicted molar refractivity (Wildman–Crippen MR) is 52.5 cm³/mol. The minimum atomic E-state index is -0.525. The maximum atomic E-state index is 11.1. The number of esters is 1. The van der Waals surface area contributed by atoms with E-state index in [0.29, 0.717) is 0 Å². The van der Waals surface area contributed by atoms with Gasteiger partial charge in [-0.3, -0.25) is 14.9 Å². The molecule has 5 heteroatoms. The van der Waals surface area contributed by atoms with Gasteiger partial charge in [0.2, 0.25) is 5.91 Å². The third-order valence-corrected chi connectivity index (χ3v) is 1.40. The number of nitrogens with two attached hydrogens (primary N) is 1. The first-order chi connectivity index (χ1) is 6.22. The summed E-state index contributed by atoms with van der Waals surface area (Å²) in [5.74, 6) is -0.890. The van der Waals surface area contributed by atoms with Crippen LogP contribution in [0.4, 0.5) is 0 Å². The standard InChI is InChI=1S/C9H18N2O3/c1-6(8(10)13)11-5-7(12)14-9(2,3)4/h6,11H,5H2,1-4H3,(H2,10,13)/t6-/m0/s1. The lowest BCUT2D eigenvalue weighted by Crippen LogP contribution is -2.42. The fraction of sp³-hybridized carbons (Fsp3) is 0.778. The highest BCUT2D eigenvalue weighted by Crippen LogP contribution is 2.06. The average Bonchev–Trinajstić information content (AvgIpc) is 1.96. The smallest absolute Gasteiger partial charge is 0.320 e. The molecule has 0 bridgehead atoms. The van der Waals surface area contributed by atoms with E-state index >= 15 is 0 Å². The Balaban J connectivity index is 3.81. The molecule has 0 aromatic heterocycles. The van der Waals surface area contributed by atoms with Crippen molar-refractivity contribution in [2.75, 3.05) is 6.54 Å². The molecular formula is C9H18N2O3. The zero-order valence-electron chi connectivity index (χ0n) is 9.09.